The van der Waals surface area contributed by atoms with Crippen molar-refractivity contribution in [1.29, 1.82) is 0 Å². The lowest BCUT2D eigenvalue weighted by Crippen LogP contribution is -2.24. The van der Waals surface area contributed by atoms with E-state index in [1.807, 2.05) is 12.1 Å². The average Bonchev–Trinajstić information content (AvgIpc) is 2.75. The van der Waals surface area contributed by atoms with Gasteiger partial charge in [0.05, 0.1) is 13.4 Å². The van der Waals surface area contributed by atoms with Crippen LogP contribution < -0.4 is 20.3 Å². The zero-order chi connectivity index (χ0) is 25.1. The number of aromatic amines is 1. The summed E-state index contributed by atoms with van der Waals surface area (Å²) in [6.45, 7) is 6.31. The number of ether oxygens (including phenoxy) is 1. The van der Waals surface area contributed by atoms with Crippen LogP contribution in [0.5, 0.6) is 5.75 Å². The molecule has 0 fully saturated rings. The Balaban J connectivity index is 1.98. The number of H-pyrrole nitrogens is 1. The fourth-order valence-electron chi connectivity index (χ4n) is 3.62. The molecule has 180 valence electrons. The lowest BCUT2D eigenvalue weighted by Gasteiger charge is -2.24. The Labute approximate surface area is 199 Å². The molecule has 3 rings (SSSR count). The van der Waals surface area contributed by atoms with Crippen molar-refractivity contribution < 1.29 is 17.9 Å². The number of nitrogens with one attached hydrogen (secondary N) is 3. The van der Waals surface area contributed by atoms with Gasteiger partial charge in [-0.05, 0) is 59.0 Å². The molecular weight excluding hydrogens is 454 g/mol. The number of pyridine rings is 1. The number of hydrogen-bond donors (Lipinski definition) is 3. The van der Waals surface area contributed by atoms with Gasteiger partial charge in [-0.25, -0.2) is 8.42 Å². The Morgan fingerprint density at radius 2 is 1.79 bits per heavy atom. The fraction of sp³-hybridized carbons (Fsp3) is 0.280. The summed E-state index contributed by atoms with van der Waals surface area (Å²) in [4.78, 5) is 28.1. The van der Waals surface area contributed by atoms with Crippen LogP contribution in [0.3, 0.4) is 0 Å². The van der Waals surface area contributed by atoms with Crippen LogP contribution in [-0.4, -0.2) is 32.7 Å². The van der Waals surface area contributed by atoms with Gasteiger partial charge in [-0.2, -0.15) is 0 Å². The number of carbonyl (C=O) groups is 1. The van der Waals surface area contributed by atoms with E-state index < -0.39 is 10.0 Å². The molecule has 0 aliphatic carbocycles. The minimum Gasteiger partial charge on any atom is -0.496 e. The van der Waals surface area contributed by atoms with Crippen LogP contribution in [0.4, 0.5) is 5.69 Å². The quantitative estimate of drug-likeness (QED) is 0.474. The minimum atomic E-state index is -3.47. The normalized spacial score (nSPS) is 11.7. The standard InChI is InChI=1S/C25H29N3O5S/c1-25(2,3)21-14-20(19-10-7-11-26-24(19)30)17(13-22(21)33-4)15-27-23(29)16-8-6-9-18(12-16)28-34(5,31)32/h6-14,28H,15H2,1-5H3,(H,26,30)(H,27,29). The van der Waals surface area contributed by atoms with E-state index in [4.69, 9.17) is 4.74 Å². The van der Waals surface area contributed by atoms with Gasteiger partial charge in [0.25, 0.3) is 11.5 Å². The number of anilines is 1. The number of hydrogen-bond acceptors (Lipinski definition) is 5. The number of benzene rings is 2. The molecule has 3 N–H and O–H groups in total. The molecule has 1 aromatic heterocycles. The van der Waals surface area contributed by atoms with E-state index in [-0.39, 0.29) is 23.4 Å². The van der Waals surface area contributed by atoms with Gasteiger partial charge in [0.15, 0.2) is 0 Å². The number of aromatic nitrogens is 1. The first-order valence-electron chi connectivity index (χ1n) is 10.6. The van der Waals surface area contributed by atoms with Gasteiger partial charge in [-0.3, -0.25) is 14.3 Å². The number of amides is 1. The number of carbonyl (C=O) groups excluding carboxylic acids is 1. The number of methoxy groups -OCH3 is 1. The Morgan fingerprint density at radius 1 is 1.06 bits per heavy atom. The van der Waals surface area contributed by atoms with Crippen LogP contribution in [0, 0.1) is 0 Å². The second kappa shape index (κ2) is 9.72. The highest BCUT2D eigenvalue weighted by Crippen LogP contribution is 2.36. The summed E-state index contributed by atoms with van der Waals surface area (Å²) in [6.07, 6.45) is 2.61. The van der Waals surface area contributed by atoms with Crippen molar-refractivity contribution in [3.05, 3.63) is 81.8 Å². The SMILES string of the molecule is COc1cc(CNC(=O)c2cccc(NS(C)(=O)=O)c2)c(-c2ccc[nH]c2=O)cc1C(C)(C)C. The molecule has 0 unspecified atom stereocenters. The van der Waals surface area contributed by atoms with Crippen LogP contribution >= 0.6 is 0 Å². The Kier molecular flexibility index (Phi) is 7.16. The number of sulfonamides is 1. The van der Waals surface area contributed by atoms with E-state index in [1.165, 1.54) is 6.07 Å². The second-order valence-electron chi connectivity index (χ2n) is 9.01. The Morgan fingerprint density at radius 3 is 2.41 bits per heavy atom. The molecule has 2 aromatic carbocycles. The average molecular weight is 484 g/mol. The minimum absolute atomic E-state index is 0.132. The van der Waals surface area contributed by atoms with Crippen LogP contribution in [0.25, 0.3) is 11.1 Å². The third kappa shape index (κ3) is 6.05. The number of rotatable bonds is 7. The summed E-state index contributed by atoms with van der Waals surface area (Å²) in [5.41, 5.74) is 2.94. The van der Waals surface area contributed by atoms with Crippen molar-refractivity contribution in [2.24, 2.45) is 0 Å². The molecule has 9 heteroatoms. The monoisotopic (exact) mass is 483 g/mol. The van der Waals surface area contributed by atoms with Crippen molar-refractivity contribution >= 4 is 21.6 Å². The van der Waals surface area contributed by atoms with E-state index in [0.717, 1.165) is 11.8 Å². The maximum atomic E-state index is 12.8. The highest BCUT2D eigenvalue weighted by atomic mass is 32.2. The maximum Gasteiger partial charge on any atom is 0.255 e. The van der Waals surface area contributed by atoms with Crippen molar-refractivity contribution in [1.82, 2.24) is 10.3 Å². The molecule has 1 amide bonds. The van der Waals surface area contributed by atoms with Crippen molar-refractivity contribution in [2.75, 3.05) is 18.1 Å². The zero-order valence-corrected chi connectivity index (χ0v) is 20.7. The molecule has 8 nitrogen and oxygen atoms in total. The summed E-state index contributed by atoms with van der Waals surface area (Å²) in [6, 6.07) is 13.5. The van der Waals surface area contributed by atoms with Crippen LogP contribution in [0.2, 0.25) is 0 Å². The molecule has 3 aromatic rings. The van der Waals surface area contributed by atoms with E-state index in [0.29, 0.717) is 33.7 Å². The Bertz CT molecular complexity index is 1370. The molecule has 0 aliphatic heterocycles. The summed E-state index contributed by atoms with van der Waals surface area (Å²) in [7, 11) is -1.88. The van der Waals surface area contributed by atoms with Gasteiger partial charge in [0.1, 0.15) is 5.75 Å². The topological polar surface area (TPSA) is 117 Å². The fourth-order valence-corrected chi connectivity index (χ4v) is 4.18. The van der Waals surface area contributed by atoms with Crippen molar-refractivity contribution in [2.45, 2.75) is 32.7 Å². The predicted octanol–water partition coefficient (Wildman–Crippen LogP) is 3.65. The van der Waals surface area contributed by atoms with E-state index >= 15 is 0 Å². The van der Waals surface area contributed by atoms with Crippen LogP contribution in [0.15, 0.2) is 59.5 Å². The molecule has 1 heterocycles. The second-order valence-corrected chi connectivity index (χ2v) is 10.8. The first-order chi connectivity index (χ1) is 15.9. The van der Waals surface area contributed by atoms with Crippen molar-refractivity contribution in [3.63, 3.8) is 0 Å². The molecule has 0 aliphatic rings. The highest BCUT2D eigenvalue weighted by Gasteiger charge is 2.23. The van der Waals surface area contributed by atoms with Gasteiger partial charge in [0, 0.05) is 35.1 Å². The van der Waals surface area contributed by atoms with Gasteiger partial charge < -0.3 is 15.0 Å². The summed E-state index contributed by atoms with van der Waals surface area (Å²) in [5.74, 6) is 0.274. The largest absolute Gasteiger partial charge is 0.496 e. The third-order valence-electron chi connectivity index (χ3n) is 5.21. The van der Waals surface area contributed by atoms with Crippen LogP contribution in [-0.2, 0) is 22.0 Å². The summed E-state index contributed by atoms with van der Waals surface area (Å²) < 4.78 is 31.0. The smallest absolute Gasteiger partial charge is 0.255 e. The first kappa shape index (κ1) is 25.0. The molecule has 0 saturated carbocycles. The molecular formula is C25H29N3O5S. The van der Waals surface area contributed by atoms with E-state index in [1.54, 1.807) is 43.6 Å². The van der Waals surface area contributed by atoms with Gasteiger partial charge in [0.2, 0.25) is 10.0 Å². The van der Waals surface area contributed by atoms with Gasteiger partial charge >= 0.3 is 0 Å². The lowest BCUT2D eigenvalue weighted by molar-refractivity contribution is 0.0951. The van der Waals surface area contributed by atoms with Crippen LogP contribution in [0.1, 0.15) is 42.3 Å². The Hall–Kier alpha value is -3.59. The predicted molar refractivity (Wildman–Crippen MR) is 134 cm³/mol. The molecule has 0 spiro atoms. The van der Waals surface area contributed by atoms with Gasteiger partial charge in [-0.1, -0.05) is 26.8 Å². The molecule has 34 heavy (non-hydrogen) atoms. The van der Waals surface area contributed by atoms with E-state index in [2.05, 4.69) is 35.8 Å². The lowest BCUT2D eigenvalue weighted by atomic mass is 9.83. The third-order valence-corrected chi connectivity index (χ3v) is 5.82. The molecule has 0 bridgehead atoms. The molecule has 0 saturated heterocycles. The molecule has 0 radical (unpaired) electrons. The molecule has 0 atom stereocenters. The zero-order valence-electron chi connectivity index (χ0n) is 19.9. The van der Waals surface area contributed by atoms with Gasteiger partial charge in [-0.15, -0.1) is 0 Å². The maximum absolute atomic E-state index is 12.8. The summed E-state index contributed by atoms with van der Waals surface area (Å²) in [5, 5.41) is 2.86. The van der Waals surface area contributed by atoms with E-state index in [9.17, 15) is 18.0 Å². The first-order valence-corrected chi connectivity index (χ1v) is 12.5. The summed E-state index contributed by atoms with van der Waals surface area (Å²) >= 11 is 0. The van der Waals surface area contributed by atoms with Crippen molar-refractivity contribution in [3.8, 4) is 16.9 Å². The highest BCUT2D eigenvalue weighted by molar-refractivity contribution is 7.92.